The Morgan fingerprint density at radius 1 is 1.40 bits per heavy atom. The lowest BCUT2D eigenvalue weighted by molar-refractivity contribution is 0.230. The third kappa shape index (κ3) is 3.02. The second-order valence-electron chi connectivity index (χ2n) is 2.65. The van der Waals surface area contributed by atoms with Crippen LogP contribution in [-0.4, -0.2) is 18.2 Å². The number of pyridine rings is 1. The van der Waals surface area contributed by atoms with Gasteiger partial charge in [-0.2, -0.15) is 0 Å². The molecule has 0 aliphatic rings. The van der Waals surface area contributed by atoms with Crippen molar-refractivity contribution in [2.24, 2.45) is 0 Å². The molecular weight excluding hydrogens is 237 g/mol. The topological polar surface area (TPSA) is 48.4 Å². The third-order valence-corrected chi connectivity index (χ3v) is 4.21. The van der Waals surface area contributed by atoms with Gasteiger partial charge in [0.05, 0.1) is 13.2 Å². The third-order valence-electron chi connectivity index (χ3n) is 1.63. The fourth-order valence-corrected chi connectivity index (χ4v) is 3.11. The summed E-state index contributed by atoms with van der Waals surface area (Å²) < 4.78 is 22.6. The van der Waals surface area contributed by atoms with E-state index in [9.17, 15) is 4.57 Å². The molecular formula is C9H13ClNO3P. The summed E-state index contributed by atoms with van der Waals surface area (Å²) in [5, 5.41) is 0.470. The Balaban J connectivity index is 3.09. The van der Waals surface area contributed by atoms with Gasteiger partial charge in [0, 0.05) is 6.20 Å². The standard InChI is InChI=1S/C9H13ClNO3P/c1-3-13-15(12,14-4-2)8-6-5-7-11-9(8)10/h5-7H,3-4H2,1-2H3. The normalized spacial score (nSPS) is 11.7. The van der Waals surface area contributed by atoms with Gasteiger partial charge >= 0.3 is 7.60 Å². The Morgan fingerprint density at radius 2 is 2.00 bits per heavy atom. The summed E-state index contributed by atoms with van der Waals surface area (Å²) >= 11 is 5.84. The van der Waals surface area contributed by atoms with Crippen LogP contribution in [0, 0.1) is 0 Å². The van der Waals surface area contributed by atoms with Gasteiger partial charge in [-0.25, -0.2) is 4.98 Å². The summed E-state index contributed by atoms with van der Waals surface area (Å²) in [6, 6.07) is 3.24. The first-order valence-corrected chi connectivity index (χ1v) is 6.56. The predicted molar refractivity (Wildman–Crippen MR) is 59.7 cm³/mol. The van der Waals surface area contributed by atoms with Crippen molar-refractivity contribution in [2.75, 3.05) is 13.2 Å². The Labute approximate surface area is 94.1 Å². The molecule has 0 fully saturated rings. The summed E-state index contributed by atoms with van der Waals surface area (Å²) in [6.45, 7) is 4.08. The van der Waals surface area contributed by atoms with E-state index in [-0.39, 0.29) is 5.15 Å². The number of rotatable bonds is 5. The maximum absolute atomic E-state index is 12.3. The van der Waals surface area contributed by atoms with Crippen molar-refractivity contribution in [3.63, 3.8) is 0 Å². The number of hydrogen-bond donors (Lipinski definition) is 0. The van der Waals surface area contributed by atoms with Crippen molar-refractivity contribution in [3.8, 4) is 0 Å². The van der Waals surface area contributed by atoms with Gasteiger partial charge in [-0.3, -0.25) is 4.57 Å². The van der Waals surface area contributed by atoms with E-state index in [0.29, 0.717) is 18.5 Å². The van der Waals surface area contributed by atoms with E-state index in [1.165, 1.54) is 6.20 Å². The molecule has 0 amide bonds. The van der Waals surface area contributed by atoms with Crippen LogP contribution in [0.2, 0.25) is 5.15 Å². The molecule has 84 valence electrons. The molecule has 0 aliphatic heterocycles. The van der Waals surface area contributed by atoms with Gasteiger partial charge in [0.15, 0.2) is 0 Å². The highest BCUT2D eigenvalue weighted by Crippen LogP contribution is 2.47. The molecule has 0 atom stereocenters. The number of halogens is 1. The Kier molecular flexibility index (Phi) is 4.74. The van der Waals surface area contributed by atoms with Crippen LogP contribution in [0.5, 0.6) is 0 Å². The minimum Gasteiger partial charge on any atom is -0.305 e. The Morgan fingerprint density at radius 3 is 2.47 bits per heavy atom. The molecule has 0 saturated carbocycles. The molecule has 1 heterocycles. The maximum atomic E-state index is 12.3. The summed E-state index contributed by atoms with van der Waals surface area (Å²) in [5.41, 5.74) is 0. The zero-order chi connectivity index (χ0) is 11.3. The summed E-state index contributed by atoms with van der Waals surface area (Å²) in [6.07, 6.45) is 1.52. The van der Waals surface area contributed by atoms with E-state index in [1.807, 2.05) is 0 Å². The lowest BCUT2D eigenvalue weighted by Gasteiger charge is -2.17. The minimum absolute atomic E-state index is 0.155. The fraction of sp³-hybridized carbons (Fsp3) is 0.444. The molecule has 1 aromatic rings. The highest BCUT2D eigenvalue weighted by molar-refractivity contribution is 7.62. The predicted octanol–water partition coefficient (Wildman–Crippen LogP) is 2.63. The zero-order valence-corrected chi connectivity index (χ0v) is 10.3. The molecule has 0 saturated heterocycles. The van der Waals surface area contributed by atoms with Gasteiger partial charge in [0.2, 0.25) is 0 Å². The Hall–Kier alpha value is -0.410. The quantitative estimate of drug-likeness (QED) is 0.595. The van der Waals surface area contributed by atoms with Crippen LogP contribution in [0.3, 0.4) is 0 Å². The molecule has 0 spiro atoms. The second kappa shape index (κ2) is 5.61. The SMILES string of the molecule is CCOP(=O)(OCC)c1cccnc1Cl. The van der Waals surface area contributed by atoms with Gasteiger partial charge in [0.1, 0.15) is 10.5 Å². The molecule has 1 rings (SSSR count). The highest BCUT2D eigenvalue weighted by atomic mass is 35.5. The van der Waals surface area contributed by atoms with Gasteiger partial charge in [0.25, 0.3) is 0 Å². The monoisotopic (exact) mass is 249 g/mol. The van der Waals surface area contributed by atoms with Gasteiger partial charge in [-0.05, 0) is 26.0 Å². The van der Waals surface area contributed by atoms with E-state index in [1.54, 1.807) is 26.0 Å². The molecule has 0 aromatic carbocycles. The summed E-state index contributed by atoms with van der Waals surface area (Å²) in [4.78, 5) is 3.84. The molecule has 4 nitrogen and oxygen atoms in total. The minimum atomic E-state index is -3.30. The molecule has 15 heavy (non-hydrogen) atoms. The van der Waals surface area contributed by atoms with Crippen molar-refractivity contribution < 1.29 is 13.6 Å². The molecule has 0 bridgehead atoms. The molecule has 0 N–H and O–H groups in total. The number of hydrogen-bond acceptors (Lipinski definition) is 4. The molecule has 0 unspecified atom stereocenters. The van der Waals surface area contributed by atoms with E-state index >= 15 is 0 Å². The zero-order valence-electron chi connectivity index (χ0n) is 8.64. The lowest BCUT2D eigenvalue weighted by atomic mass is 10.5. The fourth-order valence-electron chi connectivity index (χ4n) is 1.10. The van der Waals surface area contributed by atoms with Crippen molar-refractivity contribution in [1.29, 1.82) is 0 Å². The first-order chi connectivity index (χ1) is 7.14. The van der Waals surface area contributed by atoms with Crippen LogP contribution in [0.25, 0.3) is 0 Å². The molecule has 0 radical (unpaired) electrons. The Bertz CT molecular complexity index is 362. The van der Waals surface area contributed by atoms with Crippen molar-refractivity contribution >= 4 is 24.5 Å². The van der Waals surface area contributed by atoms with Crippen LogP contribution in [-0.2, 0) is 13.6 Å². The smallest absolute Gasteiger partial charge is 0.305 e. The first-order valence-electron chi connectivity index (χ1n) is 4.64. The average Bonchev–Trinajstić information content (AvgIpc) is 2.19. The van der Waals surface area contributed by atoms with E-state index < -0.39 is 7.60 Å². The van der Waals surface area contributed by atoms with E-state index in [2.05, 4.69) is 4.98 Å². The van der Waals surface area contributed by atoms with Gasteiger partial charge < -0.3 is 9.05 Å². The molecule has 0 aliphatic carbocycles. The lowest BCUT2D eigenvalue weighted by Crippen LogP contribution is -2.12. The molecule has 6 heteroatoms. The maximum Gasteiger partial charge on any atom is 0.364 e. The van der Waals surface area contributed by atoms with Crippen LogP contribution in [0.4, 0.5) is 0 Å². The van der Waals surface area contributed by atoms with Crippen LogP contribution in [0.1, 0.15) is 13.8 Å². The average molecular weight is 250 g/mol. The number of aromatic nitrogens is 1. The van der Waals surface area contributed by atoms with Crippen molar-refractivity contribution in [2.45, 2.75) is 13.8 Å². The van der Waals surface area contributed by atoms with Gasteiger partial charge in [-0.1, -0.05) is 11.6 Å². The second-order valence-corrected chi connectivity index (χ2v) is 5.00. The van der Waals surface area contributed by atoms with E-state index in [0.717, 1.165) is 0 Å². The first kappa shape index (κ1) is 12.7. The highest BCUT2D eigenvalue weighted by Gasteiger charge is 2.29. The van der Waals surface area contributed by atoms with Crippen LogP contribution < -0.4 is 5.30 Å². The van der Waals surface area contributed by atoms with Crippen molar-refractivity contribution in [3.05, 3.63) is 23.5 Å². The largest absolute Gasteiger partial charge is 0.364 e. The number of nitrogens with zero attached hydrogens (tertiary/aromatic N) is 1. The molecule has 1 aromatic heterocycles. The van der Waals surface area contributed by atoms with Crippen LogP contribution >= 0.6 is 19.2 Å². The van der Waals surface area contributed by atoms with Gasteiger partial charge in [-0.15, -0.1) is 0 Å². The summed E-state index contributed by atoms with van der Waals surface area (Å²) in [7, 11) is -3.30. The van der Waals surface area contributed by atoms with E-state index in [4.69, 9.17) is 20.6 Å². The van der Waals surface area contributed by atoms with Crippen molar-refractivity contribution in [1.82, 2.24) is 4.98 Å². The summed E-state index contributed by atoms with van der Waals surface area (Å²) in [5.74, 6) is 0. The van der Waals surface area contributed by atoms with Crippen LogP contribution in [0.15, 0.2) is 18.3 Å².